The second kappa shape index (κ2) is 4.56. The SMILES string of the molecule is CCCC(C)c1c(N)c(C)cc(C)c1N. The quantitative estimate of drug-likeness (QED) is 0.745. The van der Waals surface area contributed by atoms with E-state index >= 15 is 0 Å². The van der Waals surface area contributed by atoms with Gasteiger partial charge < -0.3 is 11.5 Å². The zero-order valence-corrected chi connectivity index (χ0v) is 10.2. The predicted molar refractivity (Wildman–Crippen MR) is 68.1 cm³/mol. The van der Waals surface area contributed by atoms with E-state index in [1.807, 2.05) is 13.8 Å². The molecule has 0 saturated heterocycles. The summed E-state index contributed by atoms with van der Waals surface area (Å²) in [5.74, 6) is 0.452. The third-order valence-corrected chi connectivity index (χ3v) is 3.08. The number of hydrogen-bond donors (Lipinski definition) is 2. The van der Waals surface area contributed by atoms with Crippen molar-refractivity contribution >= 4 is 11.4 Å². The summed E-state index contributed by atoms with van der Waals surface area (Å²) in [7, 11) is 0. The smallest absolute Gasteiger partial charge is 0.0399 e. The first-order valence-corrected chi connectivity index (χ1v) is 5.64. The number of anilines is 2. The topological polar surface area (TPSA) is 52.0 Å². The fourth-order valence-electron chi connectivity index (χ4n) is 2.16. The number of aryl methyl sites for hydroxylation is 2. The van der Waals surface area contributed by atoms with E-state index in [0.29, 0.717) is 5.92 Å². The van der Waals surface area contributed by atoms with Crippen molar-refractivity contribution in [3.8, 4) is 0 Å². The normalized spacial score (nSPS) is 12.8. The largest absolute Gasteiger partial charge is 0.398 e. The summed E-state index contributed by atoms with van der Waals surface area (Å²) in [6.45, 7) is 8.48. The number of nitrogen functional groups attached to an aromatic ring is 2. The molecule has 15 heavy (non-hydrogen) atoms. The molecule has 0 fully saturated rings. The van der Waals surface area contributed by atoms with Crippen LogP contribution < -0.4 is 11.5 Å². The van der Waals surface area contributed by atoms with Crippen molar-refractivity contribution in [2.45, 2.75) is 46.5 Å². The molecule has 0 saturated carbocycles. The molecule has 1 rings (SSSR count). The van der Waals surface area contributed by atoms with Crippen LogP contribution in [0.25, 0.3) is 0 Å². The Hall–Kier alpha value is -1.18. The Labute approximate surface area is 92.7 Å². The molecule has 1 aromatic rings. The average Bonchev–Trinajstić information content (AvgIpc) is 2.16. The Morgan fingerprint density at radius 3 is 2.00 bits per heavy atom. The van der Waals surface area contributed by atoms with E-state index in [-0.39, 0.29) is 0 Å². The highest BCUT2D eigenvalue weighted by molar-refractivity contribution is 5.69. The zero-order valence-electron chi connectivity index (χ0n) is 10.2. The molecule has 0 aliphatic heterocycles. The molecule has 1 unspecified atom stereocenters. The van der Waals surface area contributed by atoms with Crippen LogP contribution in [0.2, 0.25) is 0 Å². The van der Waals surface area contributed by atoms with Crippen LogP contribution in [0.1, 0.15) is 49.3 Å². The Morgan fingerprint density at radius 1 is 1.13 bits per heavy atom. The molecule has 0 aliphatic rings. The maximum Gasteiger partial charge on any atom is 0.0399 e. The first-order valence-electron chi connectivity index (χ1n) is 5.64. The van der Waals surface area contributed by atoms with Crippen molar-refractivity contribution in [2.24, 2.45) is 0 Å². The molecule has 1 aromatic carbocycles. The molecular formula is C13H22N2. The molecule has 0 aromatic heterocycles. The summed E-state index contributed by atoms with van der Waals surface area (Å²) in [4.78, 5) is 0. The molecule has 1 atom stereocenters. The van der Waals surface area contributed by atoms with E-state index in [1.54, 1.807) is 0 Å². The highest BCUT2D eigenvalue weighted by Crippen LogP contribution is 2.35. The van der Waals surface area contributed by atoms with Crippen molar-refractivity contribution in [3.63, 3.8) is 0 Å². The lowest BCUT2D eigenvalue weighted by molar-refractivity contribution is 0.667. The van der Waals surface area contributed by atoms with Gasteiger partial charge in [0.15, 0.2) is 0 Å². The fraction of sp³-hybridized carbons (Fsp3) is 0.538. The highest BCUT2D eigenvalue weighted by atomic mass is 14.6. The Morgan fingerprint density at radius 2 is 1.60 bits per heavy atom. The summed E-state index contributed by atoms with van der Waals surface area (Å²) < 4.78 is 0. The number of hydrogen-bond acceptors (Lipinski definition) is 2. The summed E-state index contributed by atoms with van der Waals surface area (Å²) in [6.07, 6.45) is 2.30. The van der Waals surface area contributed by atoms with Crippen molar-refractivity contribution in [2.75, 3.05) is 11.5 Å². The van der Waals surface area contributed by atoms with Gasteiger partial charge in [-0.05, 0) is 37.3 Å². The van der Waals surface area contributed by atoms with E-state index < -0.39 is 0 Å². The fourth-order valence-corrected chi connectivity index (χ4v) is 2.16. The van der Waals surface area contributed by atoms with Crippen LogP contribution in [-0.2, 0) is 0 Å². The molecule has 0 bridgehead atoms. The second-order valence-corrected chi connectivity index (χ2v) is 4.44. The van der Waals surface area contributed by atoms with Gasteiger partial charge in [0.25, 0.3) is 0 Å². The molecule has 84 valence electrons. The van der Waals surface area contributed by atoms with Gasteiger partial charge in [0.1, 0.15) is 0 Å². The maximum absolute atomic E-state index is 6.10. The van der Waals surface area contributed by atoms with Crippen molar-refractivity contribution < 1.29 is 0 Å². The lowest BCUT2D eigenvalue weighted by Crippen LogP contribution is -2.07. The third-order valence-electron chi connectivity index (χ3n) is 3.08. The molecule has 0 aliphatic carbocycles. The van der Waals surface area contributed by atoms with Crippen LogP contribution in [0.3, 0.4) is 0 Å². The summed E-state index contributed by atoms with van der Waals surface area (Å²) in [5.41, 5.74) is 17.4. The van der Waals surface area contributed by atoms with Gasteiger partial charge in [-0.2, -0.15) is 0 Å². The van der Waals surface area contributed by atoms with E-state index in [2.05, 4.69) is 19.9 Å². The van der Waals surface area contributed by atoms with Gasteiger partial charge >= 0.3 is 0 Å². The Balaban J connectivity index is 3.26. The molecule has 4 N–H and O–H groups in total. The van der Waals surface area contributed by atoms with Crippen molar-refractivity contribution in [3.05, 3.63) is 22.8 Å². The first kappa shape index (κ1) is 11.9. The zero-order chi connectivity index (χ0) is 11.6. The summed E-state index contributed by atoms with van der Waals surface area (Å²) in [6, 6.07) is 2.06. The van der Waals surface area contributed by atoms with Crippen molar-refractivity contribution in [1.29, 1.82) is 0 Å². The monoisotopic (exact) mass is 206 g/mol. The molecule has 0 amide bonds. The molecule has 2 nitrogen and oxygen atoms in total. The van der Waals surface area contributed by atoms with Crippen LogP contribution in [0, 0.1) is 13.8 Å². The Bertz CT molecular complexity index is 330. The van der Waals surface area contributed by atoms with Gasteiger partial charge in [-0.3, -0.25) is 0 Å². The van der Waals surface area contributed by atoms with Gasteiger partial charge in [0.2, 0.25) is 0 Å². The minimum Gasteiger partial charge on any atom is -0.398 e. The maximum atomic E-state index is 6.10. The van der Waals surface area contributed by atoms with Gasteiger partial charge in [0, 0.05) is 16.9 Å². The first-order chi connectivity index (χ1) is 6.99. The molecule has 0 spiro atoms. The molecule has 0 radical (unpaired) electrons. The van der Waals surface area contributed by atoms with Gasteiger partial charge in [-0.15, -0.1) is 0 Å². The molecular weight excluding hydrogens is 184 g/mol. The van der Waals surface area contributed by atoms with Crippen LogP contribution in [-0.4, -0.2) is 0 Å². The van der Waals surface area contributed by atoms with Gasteiger partial charge in [-0.25, -0.2) is 0 Å². The minimum absolute atomic E-state index is 0.452. The van der Waals surface area contributed by atoms with Crippen LogP contribution >= 0.6 is 0 Å². The number of benzene rings is 1. The van der Waals surface area contributed by atoms with Crippen molar-refractivity contribution in [1.82, 2.24) is 0 Å². The van der Waals surface area contributed by atoms with Gasteiger partial charge in [-0.1, -0.05) is 26.3 Å². The van der Waals surface area contributed by atoms with Crippen LogP contribution in [0.4, 0.5) is 11.4 Å². The van der Waals surface area contributed by atoms with E-state index in [9.17, 15) is 0 Å². The molecule has 0 heterocycles. The summed E-state index contributed by atoms with van der Waals surface area (Å²) >= 11 is 0. The Kier molecular flexibility index (Phi) is 3.61. The lowest BCUT2D eigenvalue weighted by Gasteiger charge is -2.19. The lowest BCUT2D eigenvalue weighted by atomic mass is 9.90. The van der Waals surface area contributed by atoms with E-state index in [1.165, 1.54) is 0 Å². The predicted octanol–water partition coefficient (Wildman–Crippen LogP) is 3.37. The minimum atomic E-state index is 0.452. The van der Waals surface area contributed by atoms with E-state index in [4.69, 9.17) is 11.5 Å². The number of nitrogens with two attached hydrogens (primary N) is 2. The third kappa shape index (κ3) is 2.25. The van der Waals surface area contributed by atoms with Crippen LogP contribution in [0.5, 0.6) is 0 Å². The number of rotatable bonds is 3. The second-order valence-electron chi connectivity index (χ2n) is 4.44. The highest BCUT2D eigenvalue weighted by Gasteiger charge is 2.15. The average molecular weight is 206 g/mol. The summed E-state index contributed by atoms with van der Waals surface area (Å²) in [5, 5.41) is 0. The van der Waals surface area contributed by atoms with Crippen LogP contribution in [0.15, 0.2) is 6.07 Å². The van der Waals surface area contributed by atoms with Gasteiger partial charge in [0.05, 0.1) is 0 Å². The molecule has 2 heteroatoms. The standard InChI is InChI=1S/C13H22N2/c1-5-6-8(2)11-12(14)9(3)7-10(4)13(11)15/h7-8H,5-6,14-15H2,1-4H3. The van der Waals surface area contributed by atoms with E-state index in [0.717, 1.165) is 40.9 Å².